The first-order chi connectivity index (χ1) is 39.7. The van der Waals surface area contributed by atoms with Gasteiger partial charge < -0.3 is 0 Å². The highest BCUT2D eigenvalue weighted by Gasteiger charge is 2.21. The second-order valence-corrected chi connectivity index (χ2v) is 20.3. The lowest BCUT2D eigenvalue weighted by molar-refractivity contribution is 1.33. The maximum absolute atomic E-state index is 5.21. The second kappa shape index (κ2) is 21.1. The summed E-state index contributed by atoms with van der Waals surface area (Å²) in [5.41, 5.74) is 25.7. The molecule has 0 bridgehead atoms. The van der Waals surface area contributed by atoms with Gasteiger partial charge in [-0.05, 0) is 148 Å². The lowest BCUT2D eigenvalue weighted by atomic mass is 9.83. The fraction of sp³-hybridized carbons (Fsp3) is 0. The summed E-state index contributed by atoms with van der Waals surface area (Å²) in [4.78, 5) is 14.5. The molecule has 0 unspecified atom stereocenters. The molecule has 0 atom stereocenters. The Balaban J connectivity index is 0.962. The number of benzene rings is 11. The van der Waals surface area contributed by atoms with Crippen molar-refractivity contribution in [3.05, 3.63) is 310 Å². The van der Waals surface area contributed by atoms with Crippen molar-refractivity contribution in [1.29, 1.82) is 0 Å². The third-order valence-electron chi connectivity index (χ3n) is 15.5. The van der Waals surface area contributed by atoms with Gasteiger partial charge in [0.05, 0.1) is 16.9 Å². The van der Waals surface area contributed by atoms with Crippen LogP contribution in [0.25, 0.3) is 144 Å². The molecule has 14 rings (SSSR count). The van der Waals surface area contributed by atoms with E-state index in [2.05, 4.69) is 277 Å². The molecule has 3 aromatic heterocycles. The molecule has 0 aliphatic carbocycles. The van der Waals surface area contributed by atoms with Crippen LogP contribution in [0.2, 0.25) is 0 Å². The Kier molecular flexibility index (Phi) is 12.6. The van der Waals surface area contributed by atoms with E-state index in [1.807, 2.05) is 42.9 Å². The second-order valence-electron chi connectivity index (χ2n) is 20.3. The Morgan fingerprint density at radius 3 is 1.09 bits per heavy atom. The molecule has 14 aromatic rings. The van der Waals surface area contributed by atoms with E-state index in [-0.39, 0.29) is 0 Å². The van der Waals surface area contributed by atoms with Gasteiger partial charge in [0.15, 0.2) is 0 Å². The summed E-state index contributed by atoms with van der Waals surface area (Å²) in [6.45, 7) is 0. The number of fused-ring (bicyclic) bond motifs is 3. The Labute approximate surface area is 466 Å². The van der Waals surface area contributed by atoms with Gasteiger partial charge in [-0.25, -0.2) is 0 Å². The zero-order chi connectivity index (χ0) is 53.2. The predicted octanol–water partition coefficient (Wildman–Crippen LogP) is 20.5. The van der Waals surface area contributed by atoms with Gasteiger partial charge >= 0.3 is 0 Å². The quantitative estimate of drug-likeness (QED) is 0.121. The molecule has 0 radical (unpaired) electrons. The largest absolute Gasteiger partial charge is 0.256 e. The average Bonchev–Trinajstić information content (AvgIpc) is 3.61. The van der Waals surface area contributed by atoms with E-state index in [1.54, 1.807) is 0 Å². The SMILES string of the molecule is c1ccc(-c2ccc(-c3c(-c4ccccc4-c4cc(-c5ccccc5-c5ccc(-c6ccccn6)cc5)cc(-c5ccccc5-c5ccc(-c6ccccn6)cc5)c4)ccc4c3ccc3cc(-c5ccccc5)cnc34)cc2)cc1. The van der Waals surface area contributed by atoms with Crippen molar-refractivity contribution in [2.45, 2.75) is 0 Å². The number of hydrogen-bond donors (Lipinski definition) is 0. The zero-order valence-corrected chi connectivity index (χ0v) is 43.8. The Morgan fingerprint density at radius 2 is 0.588 bits per heavy atom. The molecule has 0 saturated heterocycles. The number of nitrogens with zero attached hydrogens (tertiary/aromatic N) is 3. The van der Waals surface area contributed by atoms with Crippen LogP contribution < -0.4 is 0 Å². The minimum Gasteiger partial charge on any atom is -0.256 e. The molecule has 3 heterocycles. The fourth-order valence-electron chi connectivity index (χ4n) is 11.5. The van der Waals surface area contributed by atoms with Crippen LogP contribution in [-0.4, -0.2) is 15.0 Å². The average molecular weight is 1020 g/mol. The van der Waals surface area contributed by atoms with Gasteiger partial charge in [0.25, 0.3) is 0 Å². The highest BCUT2D eigenvalue weighted by atomic mass is 14.7. The highest BCUT2D eigenvalue weighted by molar-refractivity contribution is 6.15. The topological polar surface area (TPSA) is 38.7 Å². The van der Waals surface area contributed by atoms with Crippen molar-refractivity contribution in [3.63, 3.8) is 0 Å². The van der Waals surface area contributed by atoms with E-state index in [4.69, 9.17) is 4.98 Å². The number of rotatable bonds is 11. The number of aromatic nitrogens is 3. The van der Waals surface area contributed by atoms with E-state index in [1.165, 1.54) is 16.7 Å². The summed E-state index contributed by atoms with van der Waals surface area (Å²) in [5.74, 6) is 0. The van der Waals surface area contributed by atoms with Crippen molar-refractivity contribution >= 4 is 21.7 Å². The van der Waals surface area contributed by atoms with Crippen molar-refractivity contribution in [3.8, 4) is 123 Å². The number of pyridine rings is 3. The summed E-state index contributed by atoms with van der Waals surface area (Å²) in [6.07, 6.45) is 5.71. The molecule has 0 aliphatic rings. The monoisotopic (exact) mass is 1020 g/mol. The zero-order valence-electron chi connectivity index (χ0n) is 43.8. The predicted molar refractivity (Wildman–Crippen MR) is 335 cm³/mol. The van der Waals surface area contributed by atoms with Gasteiger partial charge in [-0.2, -0.15) is 0 Å². The summed E-state index contributed by atoms with van der Waals surface area (Å²) >= 11 is 0. The molecular weight excluding hydrogens is 967 g/mol. The van der Waals surface area contributed by atoms with Crippen LogP contribution in [0, 0.1) is 0 Å². The molecule has 3 nitrogen and oxygen atoms in total. The lowest BCUT2D eigenvalue weighted by Gasteiger charge is -2.20. The molecule has 0 N–H and O–H groups in total. The fourth-order valence-corrected chi connectivity index (χ4v) is 11.5. The van der Waals surface area contributed by atoms with Crippen LogP contribution >= 0.6 is 0 Å². The van der Waals surface area contributed by atoms with Crippen LogP contribution in [0.15, 0.2) is 310 Å². The standard InChI is InChI=1S/C77H51N3/c1-3-17-52(18-4-1)54-29-39-59(40-30-54)76-71(43-44-73-72(76)42-41-60-47-64(51-80-77(60)73)53-19-5-2-6-20-53)70-26-12-11-25-69(70)63-49-61(67-23-9-7-21-65(67)55-31-35-57(36-32-55)74-27-13-15-45-78-74)48-62(50-63)68-24-10-8-22-66(68)56-33-37-58(38-34-56)75-28-14-16-46-79-75/h1-51H. The van der Waals surface area contributed by atoms with E-state index in [0.717, 1.165) is 128 Å². The Hall–Kier alpha value is -10.6. The van der Waals surface area contributed by atoms with E-state index >= 15 is 0 Å². The summed E-state index contributed by atoms with van der Waals surface area (Å²) in [7, 11) is 0. The summed E-state index contributed by atoms with van der Waals surface area (Å²) < 4.78 is 0. The molecule has 0 aliphatic heterocycles. The van der Waals surface area contributed by atoms with Crippen LogP contribution in [0.4, 0.5) is 0 Å². The van der Waals surface area contributed by atoms with Crippen molar-refractivity contribution < 1.29 is 0 Å². The molecule has 0 amide bonds. The molecule has 0 spiro atoms. The molecule has 0 saturated carbocycles. The van der Waals surface area contributed by atoms with Gasteiger partial charge in [-0.1, -0.05) is 243 Å². The van der Waals surface area contributed by atoms with E-state index in [9.17, 15) is 0 Å². The van der Waals surface area contributed by atoms with Gasteiger partial charge in [0, 0.05) is 46.1 Å². The first-order valence-corrected chi connectivity index (χ1v) is 27.2. The van der Waals surface area contributed by atoms with Crippen molar-refractivity contribution in [2.75, 3.05) is 0 Å². The maximum atomic E-state index is 5.21. The van der Waals surface area contributed by atoms with Crippen molar-refractivity contribution in [2.24, 2.45) is 0 Å². The molecule has 3 heteroatoms. The molecule has 0 fully saturated rings. The lowest BCUT2D eigenvalue weighted by Crippen LogP contribution is -1.94. The molecular formula is C77H51N3. The first-order valence-electron chi connectivity index (χ1n) is 27.2. The minimum atomic E-state index is 0.953. The van der Waals surface area contributed by atoms with Crippen LogP contribution in [0.5, 0.6) is 0 Å². The highest BCUT2D eigenvalue weighted by Crippen LogP contribution is 2.47. The number of hydrogen-bond acceptors (Lipinski definition) is 3. The Morgan fingerprint density at radius 1 is 0.200 bits per heavy atom. The maximum Gasteiger partial charge on any atom is 0.0780 e. The van der Waals surface area contributed by atoms with Gasteiger partial charge in [-0.3, -0.25) is 15.0 Å². The van der Waals surface area contributed by atoms with Crippen LogP contribution in [0.3, 0.4) is 0 Å². The normalized spacial score (nSPS) is 11.2. The summed E-state index contributed by atoms with van der Waals surface area (Å²) in [6, 6.07) is 105. The van der Waals surface area contributed by atoms with Gasteiger partial charge in [0.1, 0.15) is 0 Å². The van der Waals surface area contributed by atoms with E-state index < -0.39 is 0 Å². The molecule has 374 valence electrons. The molecule has 80 heavy (non-hydrogen) atoms. The molecule has 11 aromatic carbocycles. The third kappa shape index (κ3) is 9.23. The van der Waals surface area contributed by atoms with Gasteiger partial charge in [0.2, 0.25) is 0 Å². The van der Waals surface area contributed by atoms with E-state index in [0.29, 0.717) is 0 Å². The first kappa shape index (κ1) is 47.8. The Bertz CT molecular complexity index is 4370. The minimum absolute atomic E-state index is 0.953. The summed E-state index contributed by atoms with van der Waals surface area (Å²) in [5, 5.41) is 3.37. The smallest absolute Gasteiger partial charge is 0.0780 e. The van der Waals surface area contributed by atoms with Crippen LogP contribution in [0.1, 0.15) is 0 Å². The van der Waals surface area contributed by atoms with Crippen molar-refractivity contribution in [1.82, 2.24) is 15.0 Å². The van der Waals surface area contributed by atoms with Gasteiger partial charge in [-0.15, -0.1) is 0 Å². The van der Waals surface area contributed by atoms with Crippen LogP contribution in [-0.2, 0) is 0 Å². The third-order valence-corrected chi connectivity index (χ3v) is 15.5.